The average Bonchev–Trinajstić information content (AvgIpc) is 2.68. The van der Waals surface area contributed by atoms with Crippen molar-refractivity contribution in [2.45, 2.75) is 44.2 Å². The van der Waals surface area contributed by atoms with Crippen LogP contribution in [0.2, 0.25) is 0 Å². The van der Waals surface area contributed by atoms with Crippen LogP contribution in [0.3, 0.4) is 0 Å². The first kappa shape index (κ1) is 22.0. The molecule has 0 radical (unpaired) electrons. The van der Waals surface area contributed by atoms with E-state index in [1.807, 2.05) is 12.1 Å². The highest BCUT2D eigenvalue weighted by atomic mass is 32.2. The van der Waals surface area contributed by atoms with Gasteiger partial charge >= 0.3 is 0 Å². The molecule has 1 aliphatic rings. The van der Waals surface area contributed by atoms with E-state index >= 15 is 0 Å². The summed E-state index contributed by atoms with van der Waals surface area (Å²) in [5, 5.41) is 0. The van der Waals surface area contributed by atoms with E-state index < -0.39 is 10.0 Å². The summed E-state index contributed by atoms with van der Waals surface area (Å²) in [4.78, 5) is 2.56. The molecule has 0 amide bonds. The molecule has 1 heterocycles. The number of hydrogen-bond acceptors (Lipinski definition) is 4. The van der Waals surface area contributed by atoms with Gasteiger partial charge in [-0.1, -0.05) is 57.2 Å². The molecule has 2 aromatic rings. The summed E-state index contributed by atoms with van der Waals surface area (Å²) < 4.78 is 32.6. The van der Waals surface area contributed by atoms with Crippen molar-refractivity contribution in [2.75, 3.05) is 33.4 Å². The number of benzene rings is 2. The molecule has 158 valence electrons. The van der Waals surface area contributed by atoms with Crippen LogP contribution in [0.4, 0.5) is 0 Å². The van der Waals surface area contributed by atoms with Crippen LogP contribution in [-0.2, 0) is 33.3 Å². The van der Waals surface area contributed by atoms with Crippen molar-refractivity contribution in [3.63, 3.8) is 0 Å². The van der Waals surface area contributed by atoms with Crippen molar-refractivity contribution in [1.29, 1.82) is 0 Å². The lowest BCUT2D eigenvalue weighted by Crippen LogP contribution is -2.40. The molecule has 0 aromatic heterocycles. The maximum absolute atomic E-state index is 12.9. The van der Waals surface area contributed by atoms with Crippen molar-refractivity contribution in [3.8, 4) is 0 Å². The van der Waals surface area contributed by atoms with Crippen LogP contribution in [0, 0.1) is 0 Å². The molecule has 0 spiro atoms. The third-order valence-corrected chi connectivity index (χ3v) is 7.13. The third-order valence-electron chi connectivity index (χ3n) is 5.23. The van der Waals surface area contributed by atoms with Gasteiger partial charge < -0.3 is 4.74 Å². The lowest BCUT2D eigenvalue weighted by Gasteiger charge is -2.26. The van der Waals surface area contributed by atoms with Crippen LogP contribution in [0.25, 0.3) is 0 Å². The first-order chi connectivity index (χ1) is 13.7. The molecule has 5 nitrogen and oxygen atoms in total. The zero-order valence-corrected chi connectivity index (χ0v) is 18.7. The largest absolute Gasteiger partial charge is 0.379 e. The topological polar surface area (TPSA) is 49.9 Å². The first-order valence-electron chi connectivity index (χ1n) is 10.1. The van der Waals surface area contributed by atoms with Crippen LogP contribution in [0.5, 0.6) is 0 Å². The highest BCUT2D eigenvalue weighted by Crippen LogP contribution is 2.23. The fraction of sp³-hybridized carbons (Fsp3) is 0.478. The molecule has 1 aliphatic heterocycles. The molecular formula is C23H32N2O3S. The normalized spacial score (nSPS) is 16.3. The summed E-state index contributed by atoms with van der Waals surface area (Å²) in [6, 6.07) is 16.0. The number of sulfonamides is 1. The Kier molecular flexibility index (Phi) is 6.79. The van der Waals surface area contributed by atoms with E-state index in [4.69, 9.17) is 4.74 Å². The Morgan fingerprint density at radius 1 is 0.966 bits per heavy atom. The summed E-state index contributed by atoms with van der Waals surface area (Å²) in [6.07, 6.45) is 0. The number of hydrogen-bond donors (Lipinski definition) is 0. The SMILES string of the molecule is CN(Cc1ccc(C(C)(C)C)cc1)Cc1cccc(S(=O)(=O)N2CCOCC2)c1. The van der Waals surface area contributed by atoms with Gasteiger partial charge in [0.05, 0.1) is 18.1 Å². The van der Waals surface area contributed by atoms with Gasteiger partial charge in [-0.05, 0) is 41.3 Å². The maximum Gasteiger partial charge on any atom is 0.243 e. The van der Waals surface area contributed by atoms with Crippen LogP contribution >= 0.6 is 0 Å². The van der Waals surface area contributed by atoms with E-state index in [0.717, 1.165) is 12.1 Å². The molecule has 0 saturated carbocycles. The van der Waals surface area contributed by atoms with E-state index in [2.05, 4.69) is 57.0 Å². The predicted molar refractivity (Wildman–Crippen MR) is 116 cm³/mol. The Hall–Kier alpha value is -1.73. The van der Waals surface area contributed by atoms with E-state index in [-0.39, 0.29) is 5.41 Å². The molecule has 0 unspecified atom stereocenters. The zero-order chi connectivity index (χ0) is 21.1. The molecule has 0 N–H and O–H groups in total. The second-order valence-electron chi connectivity index (χ2n) is 8.78. The van der Waals surface area contributed by atoms with Gasteiger partial charge in [-0.25, -0.2) is 8.42 Å². The Morgan fingerprint density at radius 3 is 2.21 bits per heavy atom. The van der Waals surface area contributed by atoms with Crippen molar-refractivity contribution >= 4 is 10.0 Å². The van der Waals surface area contributed by atoms with Gasteiger partial charge in [0.2, 0.25) is 10.0 Å². The van der Waals surface area contributed by atoms with Crippen molar-refractivity contribution in [3.05, 3.63) is 65.2 Å². The van der Waals surface area contributed by atoms with Gasteiger partial charge in [0.15, 0.2) is 0 Å². The smallest absolute Gasteiger partial charge is 0.243 e. The Balaban J connectivity index is 1.66. The summed E-state index contributed by atoms with van der Waals surface area (Å²) in [6.45, 7) is 9.88. The Bertz CT molecular complexity index is 912. The summed E-state index contributed by atoms with van der Waals surface area (Å²) in [5.41, 5.74) is 3.72. The van der Waals surface area contributed by atoms with Gasteiger partial charge in [-0.3, -0.25) is 4.90 Å². The maximum atomic E-state index is 12.9. The van der Waals surface area contributed by atoms with Crippen LogP contribution in [-0.4, -0.2) is 51.0 Å². The van der Waals surface area contributed by atoms with Crippen LogP contribution in [0.15, 0.2) is 53.4 Å². The average molecular weight is 417 g/mol. The van der Waals surface area contributed by atoms with E-state index in [1.165, 1.54) is 15.4 Å². The minimum absolute atomic E-state index is 0.150. The molecule has 0 aliphatic carbocycles. The van der Waals surface area contributed by atoms with Gasteiger partial charge in [0, 0.05) is 26.2 Å². The van der Waals surface area contributed by atoms with Gasteiger partial charge in [-0.15, -0.1) is 0 Å². The predicted octanol–water partition coefficient (Wildman–Crippen LogP) is 3.64. The zero-order valence-electron chi connectivity index (χ0n) is 17.9. The highest BCUT2D eigenvalue weighted by molar-refractivity contribution is 7.89. The fourth-order valence-corrected chi connectivity index (χ4v) is 5.01. The number of morpholine rings is 1. The standard InChI is InChI=1S/C23H32N2O3S/c1-23(2,3)21-10-8-19(9-11-21)17-24(4)18-20-6-5-7-22(16-20)29(26,27)25-12-14-28-15-13-25/h5-11,16H,12-15,17-18H2,1-4H3. The molecule has 2 aromatic carbocycles. The summed E-state index contributed by atoms with van der Waals surface area (Å²) in [7, 11) is -1.41. The molecule has 0 bridgehead atoms. The minimum Gasteiger partial charge on any atom is -0.379 e. The minimum atomic E-state index is -3.46. The van der Waals surface area contributed by atoms with Crippen molar-refractivity contribution in [2.24, 2.45) is 0 Å². The summed E-state index contributed by atoms with van der Waals surface area (Å²) in [5.74, 6) is 0. The highest BCUT2D eigenvalue weighted by Gasteiger charge is 2.26. The molecule has 1 fully saturated rings. The van der Waals surface area contributed by atoms with Crippen LogP contribution in [0.1, 0.15) is 37.5 Å². The molecule has 6 heteroatoms. The van der Waals surface area contributed by atoms with E-state index in [9.17, 15) is 8.42 Å². The fourth-order valence-electron chi connectivity index (χ4n) is 3.53. The molecule has 29 heavy (non-hydrogen) atoms. The van der Waals surface area contributed by atoms with Gasteiger partial charge in [0.25, 0.3) is 0 Å². The number of rotatable bonds is 6. The van der Waals surface area contributed by atoms with Crippen molar-refractivity contribution in [1.82, 2.24) is 9.21 Å². The van der Waals surface area contributed by atoms with E-state index in [0.29, 0.717) is 37.7 Å². The van der Waals surface area contributed by atoms with Gasteiger partial charge in [-0.2, -0.15) is 4.31 Å². The van der Waals surface area contributed by atoms with Gasteiger partial charge in [0.1, 0.15) is 0 Å². The monoisotopic (exact) mass is 416 g/mol. The molecule has 1 saturated heterocycles. The Labute approximate surface area is 175 Å². The molecular weight excluding hydrogens is 384 g/mol. The number of nitrogens with zero attached hydrogens (tertiary/aromatic N) is 2. The quantitative estimate of drug-likeness (QED) is 0.721. The van der Waals surface area contributed by atoms with E-state index in [1.54, 1.807) is 12.1 Å². The third kappa shape index (κ3) is 5.66. The molecule has 3 rings (SSSR count). The summed E-state index contributed by atoms with van der Waals surface area (Å²) >= 11 is 0. The molecule has 0 atom stereocenters. The second-order valence-corrected chi connectivity index (χ2v) is 10.7. The number of ether oxygens (including phenoxy) is 1. The second kappa shape index (κ2) is 8.96. The Morgan fingerprint density at radius 2 is 1.59 bits per heavy atom. The van der Waals surface area contributed by atoms with Crippen LogP contribution < -0.4 is 0 Å². The van der Waals surface area contributed by atoms with Crippen molar-refractivity contribution < 1.29 is 13.2 Å². The first-order valence-corrected chi connectivity index (χ1v) is 11.5. The lowest BCUT2D eigenvalue weighted by atomic mass is 9.87. The lowest BCUT2D eigenvalue weighted by molar-refractivity contribution is 0.0730.